The number of hydrogen-bond acceptors (Lipinski definition) is 4. The molecule has 0 bridgehead atoms. The van der Waals surface area contributed by atoms with Gasteiger partial charge in [-0.1, -0.05) is 6.07 Å². The van der Waals surface area contributed by atoms with Gasteiger partial charge in [-0.05, 0) is 67.6 Å². The second-order valence-corrected chi connectivity index (χ2v) is 9.39. The van der Waals surface area contributed by atoms with Crippen molar-refractivity contribution in [3.05, 3.63) is 53.6 Å². The molecule has 1 N–H and O–H groups in total. The topological polar surface area (TPSA) is 69.7 Å². The van der Waals surface area contributed by atoms with Gasteiger partial charge < -0.3 is 10.2 Å². The molecule has 1 saturated heterocycles. The smallest absolute Gasteiger partial charge is 0.255 e. The van der Waals surface area contributed by atoms with E-state index in [1.54, 1.807) is 18.2 Å². The summed E-state index contributed by atoms with van der Waals surface area (Å²) >= 11 is 0. The van der Waals surface area contributed by atoms with Crippen LogP contribution in [0.3, 0.4) is 0 Å². The number of amides is 1. The quantitative estimate of drug-likeness (QED) is 0.857. The Labute approximate surface area is 166 Å². The number of fused-ring (bicyclic) bond motifs is 1. The molecule has 0 atom stereocenters. The number of benzene rings is 2. The van der Waals surface area contributed by atoms with Gasteiger partial charge in [0.25, 0.3) is 5.91 Å². The van der Waals surface area contributed by atoms with Gasteiger partial charge in [0.1, 0.15) is 0 Å². The molecule has 7 heteroatoms. The van der Waals surface area contributed by atoms with E-state index in [0.29, 0.717) is 24.2 Å². The maximum Gasteiger partial charge on any atom is 0.255 e. The molecule has 1 fully saturated rings. The van der Waals surface area contributed by atoms with E-state index in [1.807, 2.05) is 18.2 Å². The van der Waals surface area contributed by atoms with E-state index in [2.05, 4.69) is 16.3 Å². The summed E-state index contributed by atoms with van der Waals surface area (Å²) in [6.45, 7) is 2.54. The van der Waals surface area contributed by atoms with Crippen molar-refractivity contribution in [2.24, 2.45) is 0 Å². The first-order valence-corrected chi connectivity index (χ1v) is 11.5. The lowest BCUT2D eigenvalue weighted by atomic mass is 10.1. The van der Waals surface area contributed by atoms with Crippen LogP contribution in [-0.2, 0) is 16.4 Å². The normalized spacial score (nSPS) is 16.8. The molecule has 2 aliphatic rings. The van der Waals surface area contributed by atoms with E-state index >= 15 is 0 Å². The summed E-state index contributed by atoms with van der Waals surface area (Å²) in [6, 6.07) is 13.2. The van der Waals surface area contributed by atoms with Crippen LogP contribution in [0.4, 0.5) is 17.1 Å². The van der Waals surface area contributed by atoms with Crippen LogP contribution in [0.5, 0.6) is 0 Å². The highest BCUT2D eigenvalue weighted by Gasteiger charge is 2.26. The van der Waals surface area contributed by atoms with E-state index in [1.165, 1.54) is 29.8 Å². The van der Waals surface area contributed by atoms with Crippen LogP contribution in [-0.4, -0.2) is 40.2 Å². The van der Waals surface area contributed by atoms with Gasteiger partial charge in [0, 0.05) is 36.6 Å². The summed E-state index contributed by atoms with van der Waals surface area (Å²) in [6.07, 6.45) is 5.51. The van der Waals surface area contributed by atoms with Crippen molar-refractivity contribution < 1.29 is 13.2 Å². The first-order chi connectivity index (χ1) is 13.4. The van der Waals surface area contributed by atoms with Gasteiger partial charge in [-0.15, -0.1) is 0 Å². The number of nitrogens with one attached hydrogen (secondary N) is 1. The third kappa shape index (κ3) is 3.85. The van der Waals surface area contributed by atoms with Gasteiger partial charge in [-0.2, -0.15) is 0 Å². The first kappa shape index (κ1) is 18.8. The zero-order valence-corrected chi connectivity index (χ0v) is 16.8. The highest BCUT2D eigenvalue weighted by molar-refractivity contribution is 7.92. The monoisotopic (exact) mass is 399 g/mol. The molecule has 0 spiro atoms. The number of nitrogens with zero attached hydrogens (tertiary/aromatic N) is 2. The Morgan fingerprint density at radius 1 is 1.00 bits per heavy atom. The van der Waals surface area contributed by atoms with Crippen LogP contribution in [0.2, 0.25) is 0 Å². The minimum absolute atomic E-state index is 0.184. The van der Waals surface area contributed by atoms with E-state index < -0.39 is 10.0 Å². The van der Waals surface area contributed by atoms with Gasteiger partial charge in [0.15, 0.2) is 0 Å². The largest absolute Gasteiger partial charge is 0.371 e. The zero-order chi connectivity index (χ0) is 19.7. The fourth-order valence-corrected chi connectivity index (χ4v) is 4.95. The number of anilines is 3. The Morgan fingerprint density at radius 2 is 1.79 bits per heavy atom. The summed E-state index contributed by atoms with van der Waals surface area (Å²) in [5.41, 5.74) is 4.00. The average Bonchev–Trinajstić information content (AvgIpc) is 3.12. The number of hydrogen-bond donors (Lipinski definition) is 1. The third-order valence-corrected chi connectivity index (χ3v) is 6.60. The molecule has 6 nitrogen and oxygen atoms in total. The average molecular weight is 400 g/mol. The fraction of sp³-hybridized carbons (Fsp3) is 0.381. The van der Waals surface area contributed by atoms with Crippen LogP contribution < -0.4 is 14.5 Å². The van der Waals surface area contributed by atoms with E-state index in [4.69, 9.17) is 0 Å². The SMILES string of the molecule is CS(=O)(=O)N1CCc2cc(C(=O)Nc3cccc(N4CCCCC4)c3)ccc21. The lowest BCUT2D eigenvalue weighted by molar-refractivity contribution is 0.102. The van der Waals surface area contributed by atoms with Crippen LogP contribution in [0.25, 0.3) is 0 Å². The highest BCUT2D eigenvalue weighted by atomic mass is 32.2. The third-order valence-electron chi connectivity index (χ3n) is 5.42. The number of sulfonamides is 1. The predicted octanol–water partition coefficient (Wildman–Crippen LogP) is 3.25. The van der Waals surface area contributed by atoms with Gasteiger partial charge in [0.2, 0.25) is 10.0 Å². The molecular formula is C21H25N3O3S. The molecule has 0 aliphatic carbocycles. The molecule has 0 saturated carbocycles. The molecule has 4 rings (SSSR count). The molecule has 2 aromatic rings. The van der Waals surface area contributed by atoms with E-state index in [9.17, 15) is 13.2 Å². The van der Waals surface area contributed by atoms with E-state index in [-0.39, 0.29) is 5.91 Å². The Morgan fingerprint density at radius 3 is 2.54 bits per heavy atom. The number of piperidine rings is 1. The maximum atomic E-state index is 12.7. The van der Waals surface area contributed by atoms with Crippen molar-refractivity contribution in [1.29, 1.82) is 0 Å². The second kappa shape index (κ2) is 7.47. The molecule has 0 aromatic heterocycles. The summed E-state index contributed by atoms with van der Waals surface area (Å²) < 4.78 is 25.1. The molecule has 2 aliphatic heterocycles. The number of carbonyl (C=O) groups excluding carboxylic acids is 1. The predicted molar refractivity (Wildman–Crippen MR) is 113 cm³/mol. The minimum atomic E-state index is -3.29. The molecule has 1 amide bonds. The van der Waals surface area contributed by atoms with Crippen LogP contribution in [0.15, 0.2) is 42.5 Å². The molecule has 2 heterocycles. The van der Waals surface area contributed by atoms with Crippen molar-refractivity contribution in [2.75, 3.05) is 40.4 Å². The minimum Gasteiger partial charge on any atom is -0.371 e. The Balaban J connectivity index is 1.50. The van der Waals surface area contributed by atoms with Crippen molar-refractivity contribution in [2.45, 2.75) is 25.7 Å². The lowest BCUT2D eigenvalue weighted by Gasteiger charge is -2.29. The standard InChI is InChI=1S/C21H25N3O3S/c1-28(26,27)24-13-10-16-14-17(8-9-20(16)24)21(25)22-18-6-5-7-19(15-18)23-11-3-2-4-12-23/h5-9,14-15H,2-4,10-13H2,1H3,(H,22,25). The van der Waals surface area contributed by atoms with Crippen LogP contribution in [0, 0.1) is 0 Å². The first-order valence-electron chi connectivity index (χ1n) is 9.69. The summed E-state index contributed by atoms with van der Waals surface area (Å²) in [5.74, 6) is -0.184. The summed E-state index contributed by atoms with van der Waals surface area (Å²) in [5, 5.41) is 2.97. The Kier molecular flexibility index (Phi) is 5.02. The van der Waals surface area contributed by atoms with Gasteiger partial charge in [-0.25, -0.2) is 8.42 Å². The summed E-state index contributed by atoms with van der Waals surface area (Å²) in [7, 11) is -3.29. The number of carbonyl (C=O) groups is 1. The van der Waals surface area contributed by atoms with Crippen molar-refractivity contribution in [3.63, 3.8) is 0 Å². The highest BCUT2D eigenvalue weighted by Crippen LogP contribution is 2.31. The molecular weight excluding hydrogens is 374 g/mol. The van der Waals surface area contributed by atoms with Crippen LogP contribution in [0.1, 0.15) is 35.2 Å². The molecule has 2 aromatic carbocycles. The Bertz CT molecular complexity index is 998. The zero-order valence-electron chi connectivity index (χ0n) is 16.0. The second-order valence-electron chi connectivity index (χ2n) is 7.48. The number of rotatable bonds is 4. The molecule has 0 unspecified atom stereocenters. The molecule has 148 valence electrons. The van der Waals surface area contributed by atoms with Gasteiger partial charge in [0.05, 0.1) is 11.9 Å². The fourth-order valence-electron chi connectivity index (χ4n) is 3.99. The lowest BCUT2D eigenvalue weighted by Crippen LogP contribution is -2.29. The van der Waals surface area contributed by atoms with E-state index in [0.717, 1.165) is 30.0 Å². The maximum absolute atomic E-state index is 12.7. The van der Waals surface area contributed by atoms with Crippen LogP contribution >= 0.6 is 0 Å². The Hall–Kier alpha value is -2.54. The van der Waals surface area contributed by atoms with Crippen molar-refractivity contribution in [3.8, 4) is 0 Å². The van der Waals surface area contributed by atoms with Crippen molar-refractivity contribution in [1.82, 2.24) is 0 Å². The van der Waals surface area contributed by atoms with Gasteiger partial charge >= 0.3 is 0 Å². The van der Waals surface area contributed by atoms with Crippen molar-refractivity contribution >= 4 is 33.0 Å². The molecule has 0 radical (unpaired) electrons. The summed E-state index contributed by atoms with van der Waals surface area (Å²) in [4.78, 5) is 15.1. The molecule has 28 heavy (non-hydrogen) atoms. The van der Waals surface area contributed by atoms with Gasteiger partial charge in [-0.3, -0.25) is 9.10 Å².